The van der Waals surface area contributed by atoms with Gasteiger partial charge in [-0.2, -0.15) is 0 Å². The minimum atomic E-state index is -1.33. The molecule has 3 amide bonds. The summed E-state index contributed by atoms with van der Waals surface area (Å²) in [6.45, 7) is 11.3. The van der Waals surface area contributed by atoms with Crippen molar-refractivity contribution >= 4 is 39.6 Å². The van der Waals surface area contributed by atoms with E-state index in [2.05, 4.69) is 41.3 Å². The number of nitrogens with one attached hydrogen (secondary N) is 1. The summed E-state index contributed by atoms with van der Waals surface area (Å²) in [5.74, 6) is -3.52. The lowest BCUT2D eigenvalue weighted by Gasteiger charge is -2.41. The first-order valence-electron chi connectivity index (χ1n) is 17.5. The standard InChI is InChI=1S/C39H48BrN3O7/c1-5-8-20-31(45)49-24-29(26-16-11-9-12-17-26)41-36(46)32-33-37(47)43(30(23-44)27-18-13-10-14-19-27)35(39(33)22-28(40)34(32)50-39)38(48)42(21-7-3)25(4)15-6-2/h5,7,9-14,16-19,25,28-30,32-35,44H,1,3,6,8,15,20-24H2,2,4H3,(H,41,46)/t25?,28?,29-,30-,32+,33-,34+,35+,39-/m1/s1. The molecule has 3 aliphatic rings. The molecule has 5 rings (SSSR count). The van der Waals surface area contributed by atoms with Crippen LogP contribution in [0.2, 0.25) is 0 Å². The molecular weight excluding hydrogens is 702 g/mol. The number of likely N-dealkylation sites (tertiary alicyclic amines) is 1. The zero-order chi connectivity index (χ0) is 36.0. The lowest BCUT2D eigenvalue weighted by Crippen LogP contribution is -2.59. The highest BCUT2D eigenvalue weighted by Gasteiger charge is 2.77. The van der Waals surface area contributed by atoms with Crippen LogP contribution in [0, 0.1) is 11.8 Å². The zero-order valence-corrected chi connectivity index (χ0v) is 30.4. The van der Waals surface area contributed by atoms with E-state index in [1.165, 1.54) is 4.90 Å². The van der Waals surface area contributed by atoms with Crippen LogP contribution in [0.5, 0.6) is 0 Å². The van der Waals surface area contributed by atoms with Gasteiger partial charge in [0.05, 0.1) is 36.6 Å². The number of aliphatic hydroxyl groups is 1. The number of alkyl halides is 1. The molecular formula is C39H48BrN3O7. The third-order valence-corrected chi connectivity index (χ3v) is 11.1. The summed E-state index contributed by atoms with van der Waals surface area (Å²) in [7, 11) is 0. The van der Waals surface area contributed by atoms with Crippen molar-refractivity contribution in [3.05, 3.63) is 97.1 Å². The van der Waals surface area contributed by atoms with E-state index in [4.69, 9.17) is 9.47 Å². The van der Waals surface area contributed by atoms with Crippen LogP contribution >= 0.6 is 15.9 Å². The number of amides is 3. The van der Waals surface area contributed by atoms with E-state index in [0.29, 0.717) is 18.4 Å². The Bertz CT molecular complexity index is 1540. The van der Waals surface area contributed by atoms with Crippen molar-refractivity contribution in [2.75, 3.05) is 19.8 Å². The maximum atomic E-state index is 14.9. The van der Waals surface area contributed by atoms with Crippen LogP contribution in [-0.4, -0.2) is 87.0 Å². The van der Waals surface area contributed by atoms with Gasteiger partial charge in [0.15, 0.2) is 0 Å². The van der Waals surface area contributed by atoms with E-state index in [1.54, 1.807) is 17.1 Å². The van der Waals surface area contributed by atoms with Gasteiger partial charge in [-0.05, 0) is 37.3 Å². The molecule has 3 heterocycles. The molecule has 50 heavy (non-hydrogen) atoms. The van der Waals surface area contributed by atoms with Gasteiger partial charge >= 0.3 is 5.97 Å². The second kappa shape index (κ2) is 16.5. The number of nitrogens with zero attached hydrogens (tertiary/aromatic N) is 2. The van der Waals surface area contributed by atoms with Gasteiger partial charge in [0.2, 0.25) is 17.7 Å². The summed E-state index contributed by atoms with van der Waals surface area (Å²) in [6.07, 6.45) is 5.17. The SMILES string of the molecule is C=CCCC(=O)OC[C@@H](NC(=O)[C@@H]1[C@H]2O[C@@]3(CC2Br)[C@H](C(=O)N(CC=C)C(C)CCC)N([C@H](CO)c2ccccc2)C(=O)[C@@H]13)c1ccccc1. The summed E-state index contributed by atoms with van der Waals surface area (Å²) >= 11 is 3.75. The van der Waals surface area contributed by atoms with Gasteiger partial charge in [-0.1, -0.05) is 102 Å². The van der Waals surface area contributed by atoms with Crippen LogP contribution in [0.3, 0.4) is 0 Å². The molecule has 2 unspecified atom stereocenters. The Balaban J connectivity index is 1.54. The van der Waals surface area contributed by atoms with E-state index in [1.807, 2.05) is 67.6 Å². The number of ether oxygens (including phenoxy) is 2. The molecule has 3 aliphatic heterocycles. The molecule has 2 aromatic rings. The lowest BCUT2D eigenvalue weighted by molar-refractivity contribution is -0.152. The second-order valence-electron chi connectivity index (χ2n) is 13.4. The number of rotatable bonds is 17. The van der Waals surface area contributed by atoms with Crippen LogP contribution in [0.15, 0.2) is 86.0 Å². The summed E-state index contributed by atoms with van der Waals surface area (Å²) in [4.78, 5) is 59.6. The fourth-order valence-electron chi connectivity index (χ4n) is 8.01. The molecule has 11 heteroatoms. The first kappa shape index (κ1) is 37.5. The number of fused-ring (bicyclic) bond motifs is 1. The van der Waals surface area contributed by atoms with Gasteiger partial charge in [0.25, 0.3) is 0 Å². The zero-order valence-electron chi connectivity index (χ0n) is 28.8. The number of benzene rings is 2. The van der Waals surface area contributed by atoms with Gasteiger partial charge in [0.1, 0.15) is 18.2 Å². The minimum Gasteiger partial charge on any atom is -0.463 e. The first-order chi connectivity index (χ1) is 24.1. The van der Waals surface area contributed by atoms with E-state index < -0.39 is 66.1 Å². The van der Waals surface area contributed by atoms with Crippen LogP contribution in [-0.2, 0) is 28.7 Å². The quantitative estimate of drug-likeness (QED) is 0.132. The number of allylic oxidation sites excluding steroid dienone is 1. The molecule has 10 nitrogen and oxygen atoms in total. The van der Waals surface area contributed by atoms with Crippen molar-refractivity contribution in [2.45, 2.75) is 86.7 Å². The second-order valence-corrected chi connectivity index (χ2v) is 14.6. The van der Waals surface area contributed by atoms with Crippen molar-refractivity contribution in [3.63, 3.8) is 0 Å². The normalized spacial score (nSPS) is 26.8. The summed E-state index contributed by atoms with van der Waals surface area (Å²) in [5.41, 5.74) is 0.0678. The van der Waals surface area contributed by atoms with Gasteiger partial charge in [-0.25, -0.2) is 0 Å². The molecule has 3 fully saturated rings. The smallest absolute Gasteiger partial charge is 0.306 e. The van der Waals surface area contributed by atoms with Crippen LogP contribution in [0.1, 0.15) is 69.2 Å². The Hall–Kier alpha value is -3.80. The molecule has 3 saturated heterocycles. The third-order valence-electron chi connectivity index (χ3n) is 10.3. The van der Waals surface area contributed by atoms with Crippen LogP contribution in [0.4, 0.5) is 0 Å². The summed E-state index contributed by atoms with van der Waals surface area (Å²) in [6, 6.07) is 15.5. The molecule has 2 bridgehead atoms. The molecule has 268 valence electrons. The minimum absolute atomic E-state index is 0.106. The Morgan fingerprint density at radius 1 is 1.12 bits per heavy atom. The fourth-order valence-corrected chi connectivity index (χ4v) is 8.95. The first-order valence-corrected chi connectivity index (χ1v) is 18.4. The van der Waals surface area contributed by atoms with Crippen molar-refractivity contribution in [1.29, 1.82) is 0 Å². The Morgan fingerprint density at radius 3 is 2.38 bits per heavy atom. The van der Waals surface area contributed by atoms with E-state index >= 15 is 0 Å². The summed E-state index contributed by atoms with van der Waals surface area (Å²) < 4.78 is 12.3. The molecule has 9 atom stereocenters. The predicted octanol–water partition coefficient (Wildman–Crippen LogP) is 5.04. The van der Waals surface area contributed by atoms with Crippen LogP contribution < -0.4 is 5.32 Å². The Labute approximate surface area is 303 Å². The Morgan fingerprint density at radius 2 is 1.78 bits per heavy atom. The van der Waals surface area contributed by atoms with Crippen molar-refractivity contribution < 1.29 is 33.8 Å². The molecule has 2 aromatic carbocycles. The highest BCUT2D eigenvalue weighted by atomic mass is 79.9. The van der Waals surface area contributed by atoms with Gasteiger partial charge in [0, 0.05) is 23.8 Å². The van der Waals surface area contributed by atoms with E-state index in [0.717, 1.165) is 18.4 Å². The highest BCUT2D eigenvalue weighted by molar-refractivity contribution is 9.09. The average molecular weight is 751 g/mol. The molecule has 0 aliphatic carbocycles. The number of hydrogen-bond donors (Lipinski definition) is 2. The summed E-state index contributed by atoms with van der Waals surface area (Å²) in [5, 5.41) is 13.9. The average Bonchev–Trinajstić information content (AvgIpc) is 3.72. The van der Waals surface area contributed by atoms with Crippen molar-refractivity contribution in [3.8, 4) is 0 Å². The van der Waals surface area contributed by atoms with Crippen LogP contribution in [0.25, 0.3) is 0 Å². The van der Waals surface area contributed by atoms with Crippen molar-refractivity contribution in [2.24, 2.45) is 11.8 Å². The number of esters is 1. The predicted molar refractivity (Wildman–Crippen MR) is 193 cm³/mol. The maximum Gasteiger partial charge on any atom is 0.306 e. The van der Waals surface area contributed by atoms with Gasteiger partial charge in [-0.15, -0.1) is 13.2 Å². The Kier molecular flexibility index (Phi) is 12.3. The maximum absolute atomic E-state index is 14.9. The molecule has 0 saturated carbocycles. The molecule has 0 aromatic heterocycles. The van der Waals surface area contributed by atoms with Crippen molar-refractivity contribution in [1.82, 2.24) is 15.1 Å². The number of carbonyl (C=O) groups is 4. The van der Waals surface area contributed by atoms with E-state index in [9.17, 15) is 24.3 Å². The number of halogens is 1. The topological polar surface area (TPSA) is 125 Å². The number of hydrogen-bond acceptors (Lipinski definition) is 7. The van der Waals surface area contributed by atoms with E-state index in [-0.39, 0.29) is 36.3 Å². The highest BCUT2D eigenvalue weighted by Crippen LogP contribution is 2.61. The molecule has 2 N–H and O–H groups in total. The third kappa shape index (κ3) is 7.18. The molecule has 1 spiro atoms. The monoisotopic (exact) mass is 749 g/mol. The molecule has 0 radical (unpaired) electrons. The number of aliphatic hydroxyl groups excluding tert-OH is 1. The lowest BCUT2D eigenvalue weighted by atomic mass is 9.70. The number of carbonyl (C=O) groups excluding carboxylic acids is 4. The largest absolute Gasteiger partial charge is 0.463 e. The van der Waals surface area contributed by atoms with Gasteiger partial charge < -0.3 is 29.7 Å². The fraction of sp³-hybridized carbons (Fsp3) is 0.487. The van der Waals surface area contributed by atoms with Gasteiger partial charge in [-0.3, -0.25) is 19.2 Å².